The largest absolute Gasteiger partial charge is 0.261 e. The van der Waals surface area contributed by atoms with Gasteiger partial charge in [0.25, 0.3) is 0 Å². The average molecular weight is 354 g/mol. The summed E-state index contributed by atoms with van der Waals surface area (Å²) in [4.78, 5) is 13.1. The van der Waals surface area contributed by atoms with E-state index in [0.717, 1.165) is 19.0 Å². The van der Waals surface area contributed by atoms with Crippen molar-refractivity contribution in [1.29, 1.82) is 0 Å². The maximum Gasteiger partial charge on any atom is 0.123 e. The highest BCUT2D eigenvalue weighted by Crippen LogP contribution is 2.55. The van der Waals surface area contributed by atoms with E-state index in [4.69, 9.17) is 0 Å². The Balaban J connectivity index is 2.13. The van der Waals surface area contributed by atoms with Crippen LogP contribution in [0.1, 0.15) is 19.3 Å². The predicted octanol–water partition coefficient (Wildman–Crippen LogP) is 3.31. The van der Waals surface area contributed by atoms with E-state index in [9.17, 15) is 4.39 Å². The number of rotatable bonds is 8. The molecule has 0 amide bonds. The van der Waals surface area contributed by atoms with E-state index in [1.165, 1.54) is 15.9 Å². The van der Waals surface area contributed by atoms with Gasteiger partial charge in [-0.1, -0.05) is 0 Å². The first-order chi connectivity index (χ1) is 12.4. The van der Waals surface area contributed by atoms with Crippen LogP contribution in [-0.4, -0.2) is 27.8 Å². The van der Waals surface area contributed by atoms with Crippen LogP contribution in [0, 0.1) is 0 Å². The van der Waals surface area contributed by atoms with Crippen LogP contribution in [0.25, 0.3) is 0 Å². The highest BCUT2D eigenvalue weighted by Gasteiger charge is 2.45. The molecule has 0 saturated heterocycles. The summed E-state index contributed by atoms with van der Waals surface area (Å²) in [5, 5.41) is 3.66. The van der Waals surface area contributed by atoms with Crippen LogP contribution in [0.5, 0.6) is 0 Å². The molecule has 0 radical (unpaired) electrons. The molecule has 3 heterocycles. The predicted molar refractivity (Wildman–Crippen MR) is 103 cm³/mol. The van der Waals surface area contributed by atoms with Crippen molar-refractivity contribution in [3.8, 4) is 0 Å². The second kappa shape index (κ2) is 8.77. The fourth-order valence-electron chi connectivity index (χ4n) is 3.19. The lowest BCUT2D eigenvalue weighted by molar-refractivity contribution is 0.460. The molecule has 0 bridgehead atoms. The van der Waals surface area contributed by atoms with Gasteiger partial charge in [-0.2, -0.15) is 0 Å². The molecular formula is C20H22FN3P+. The maximum atomic E-state index is 12.6. The zero-order chi connectivity index (χ0) is 17.4. The molecular weight excluding hydrogens is 332 g/mol. The van der Waals surface area contributed by atoms with Gasteiger partial charge in [-0.3, -0.25) is 19.3 Å². The highest BCUT2D eigenvalue weighted by molar-refractivity contribution is 7.95. The van der Waals surface area contributed by atoms with E-state index >= 15 is 0 Å². The number of hydrogen-bond donors (Lipinski definition) is 0. The molecule has 0 spiro atoms. The third-order valence-corrected chi connectivity index (χ3v) is 8.81. The lowest BCUT2D eigenvalue weighted by Crippen LogP contribution is -2.34. The zero-order valence-corrected chi connectivity index (χ0v) is 15.0. The van der Waals surface area contributed by atoms with Crippen LogP contribution in [0.2, 0.25) is 0 Å². The fourth-order valence-corrected chi connectivity index (χ4v) is 7.37. The van der Waals surface area contributed by atoms with Crippen LogP contribution in [0.4, 0.5) is 4.39 Å². The van der Waals surface area contributed by atoms with E-state index < -0.39 is 7.26 Å². The van der Waals surface area contributed by atoms with Crippen molar-refractivity contribution in [3.05, 3.63) is 73.6 Å². The Bertz CT molecular complexity index is 657. The SMILES string of the molecule is FCCCCC[P+](c1cccnc1)(c1cccnc1)c1cccnc1. The molecule has 0 aliphatic heterocycles. The van der Waals surface area contributed by atoms with Crippen molar-refractivity contribution < 1.29 is 4.39 Å². The van der Waals surface area contributed by atoms with Gasteiger partial charge in [-0.15, -0.1) is 0 Å². The first kappa shape index (κ1) is 17.6. The summed E-state index contributed by atoms with van der Waals surface area (Å²) in [5.74, 6) is 0. The Hall–Kier alpha value is -2.19. The van der Waals surface area contributed by atoms with Crippen LogP contribution in [0.15, 0.2) is 73.6 Å². The summed E-state index contributed by atoms with van der Waals surface area (Å²) in [6.07, 6.45) is 14.7. The molecule has 3 rings (SSSR count). The second-order valence-electron chi connectivity index (χ2n) is 5.92. The minimum atomic E-state index is -1.90. The van der Waals surface area contributed by atoms with Gasteiger partial charge in [-0.05, 0) is 55.7 Å². The molecule has 25 heavy (non-hydrogen) atoms. The van der Waals surface area contributed by atoms with Gasteiger partial charge in [0.05, 0.1) is 31.4 Å². The molecule has 0 fully saturated rings. The molecule has 3 nitrogen and oxygen atoms in total. The van der Waals surface area contributed by atoms with E-state index in [2.05, 4.69) is 33.2 Å². The Morgan fingerprint density at radius 3 is 1.52 bits per heavy atom. The highest BCUT2D eigenvalue weighted by atomic mass is 31.2. The lowest BCUT2D eigenvalue weighted by atomic mass is 10.3. The summed E-state index contributed by atoms with van der Waals surface area (Å²) in [5.41, 5.74) is 0. The number of nitrogens with zero attached hydrogens (tertiary/aromatic N) is 3. The third-order valence-electron chi connectivity index (χ3n) is 4.39. The van der Waals surface area contributed by atoms with Crippen molar-refractivity contribution in [2.24, 2.45) is 0 Å². The van der Waals surface area contributed by atoms with Gasteiger partial charge in [0.1, 0.15) is 23.2 Å². The molecule has 0 unspecified atom stereocenters. The Morgan fingerprint density at radius 2 is 1.16 bits per heavy atom. The molecule has 3 aromatic rings. The molecule has 0 aliphatic rings. The minimum Gasteiger partial charge on any atom is -0.261 e. The van der Waals surface area contributed by atoms with Crippen LogP contribution in [-0.2, 0) is 0 Å². The van der Waals surface area contributed by atoms with Gasteiger partial charge in [0.15, 0.2) is 0 Å². The number of unbranched alkanes of at least 4 members (excludes halogenated alkanes) is 2. The average Bonchev–Trinajstić information content (AvgIpc) is 2.70. The number of hydrogen-bond acceptors (Lipinski definition) is 3. The molecule has 5 heteroatoms. The van der Waals surface area contributed by atoms with Gasteiger partial charge in [-0.25, -0.2) is 0 Å². The van der Waals surface area contributed by atoms with Crippen molar-refractivity contribution in [3.63, 3.8) is 0 Å². The molecule has 0 atom stereocenters. The van der Waals surface area contributed by atoms with Crippen molar-refractivity contribution in [2.45, 2.75) is 19.3 Å². The van der Waals surface area contributed by atoms with Crippen LogP contribution in [0.3, 0.4) is 0 Å². The van der Waals surface area contributed by atoms with E-state index in [0.29, 0.717) is 6.42 Å². The van der Waals surface area contributed by atoms with Gasteiger partial charge < -0.3 is 0 Å². The van der Waals surface area contributed by atoms with Gasteiger partial charge in [0, 0.05) is 18.6 Å². The Labute approximate surface area is 148 Å². The van der Waals surface area contributed by atoms with Crippen LogP contribution >= 0.6 is 7.26 Å². The summed E-state index contributed by atoms with van der Waals surface area (Å²) in [7, 11) is -1.90. The van der Waals surface area contributed by atoms with E-state index in [1.807, 2.05) is 36.8 Å². The minimum absolute atomic E-state index is 0.252. The first-order valence-corrected chi connectivity index (χ1v) is 10.5. The van der Waals surface area contributed by atoms with Crippen molar-refractivity contribution in [1.82, 2.24) is 15.0 Å². The van der Waals surface area contributed by atoms with E-state index in [-0.39, 0.29) is 6.67 Å². The fraction of sp³-hybridized carbons (Fsp3) is 0.250. The van der Waals surface area contributed by atoms with Crippen LogP contribution < -0.4 is 15.9 Å². The number of halogens is 1. The molecule has 0 aliphatic carbocycles. The standard InChI is InChI=1S/C20H22FN3P/c21-10-2-1-3-14-25(18-7-4-11-22-15-18,19-8-5-12-23-16-19)20-9-6-13-24-17-20/h4-9,11-13,15-17H,1-3,10,14H2/q+1. The van der Waals surface area contributed by atoms with E-state index in [1.54, 1.807) is 18.6 Å². The summed E-state index contributed by atoms with van der Waals surface area (Å²) in [6, 6.07) is 12.4. The Kier molecular flexibility index (Phi) is 6.19. The second-order valence-corrected chi connectivity index (χ2v) is 9.53. The van der Waals surface area contributed by atoms with Gasteiger partial charge in [0.2, 0.25) is 0 Å². The summed E-state index contributed by atoms with van der Waals surface area (Å²) >= 11 is 0. The molecule has 128 valence electrons. The maximum absolute atomic E-state index is 12.6. The zero-order valence-electron chi connectivity index (χ0n) is 14.1. The first-order valence-electron chi connectivity index (χ1n) is 8.54. The van der Waals surface area contributed by atoms with Crippen molar-refractivity contribution in [2.75, 3.05) is 12.8 Å². The molecule has 0 aromatic carbocycles. The topological polar surface area (TPSA) is 38.7 Å². The summed E-state index contributed by atoms with van der Waals surface area (Å²) in [6.45, 7) is -0.252. The smallest absolute Gasteiger partial charge is 0.123 e. The number of aromatic nitrogens is 3. The van der Waals surface area contributed by atoms with Crippen molar-refractivity contribution >= 4 is 23.2 Å². The third kappa shape index (κ3) is 3.91. The number of alkyl halides is 1. The lowest BCUT2D eigenvalue weighted by Gasteiger charge is -2.26. The summed E-state index contributed by atoms with van der Waals surface area (Å²) < 4.78 is 12.6. The normalized spacial score (nSPS) is 11.4. The Morgan fingerprint density at radius 1 is 0.680 bits per heavy atom. The molecule has 0 N–H and O–H groups in total. The monoisotopic (exact) mass is 354 g/mol. The molecule has 3 aromatic heterocycles. The van der Waals surface area contributed by atoms with Gasteiger partial charge >= 0.3 is 0 Å². The molecule has 0 saturated carbocycles. The quantitative estimate of drug-likeness (QED) is 0.460. The number of pyridine rings is 3.